The fourth-order valence-electron chi connectivity index (χ4n) is 2.14. The summed E-state index contributed by atoms with van der Waals surface area (Å²) in [7, 11) is 0. The number of hydrogen-bond acceptors (Lipinski definition) is 4. The molecule has 0 spiro atoms. The molecule has 0 N–H and O–H groups in total. The van der Waals surface area contributed by atoms with E-state index in [-0.39, 0.29) is 18.0 Å². The van der Waals surface area contributed by atoms with Gasteiger partial charge in [0.1, 0.15) is 6.10 Å². The summed E-state index contributed by atoms with van der Waals surface area (Å²) in [6, 6.07) is 7.96. The molecule has 1 aromatic carbocycles. The smallest absolute Gasteiger partial charge is 0.308 e. The minimum atomic E-state index is -0.173. The minimum absolute atomic E-state index is 0.0481. The number of carbonyl (C=O) groups is 1. The third kappa shape index (κ3) is 3.82. The molecule has 0 aromatic heterocycles. The number of esters is 1. The van der Waals surface area contributed by atoms with Crippen molar-refractivity contribution in [2.75, 3.05) is 6.61 Å². The Hall–Kier alpha value is -1.36. The number of hydrogen-bond donors (Lipinski definition) is 0. The van der Waals surface area contributed by atoms with E-state index in [1.54, 1.807) is 0 Å². The number of halogens is 1. The van der Waals surface area contributed by atoms with Gasteiger partial charge in [0, 0.05) is 17.3 Å². The van der Waals surface area contributed by atoms with E-state index in [1.807, 2.05) is 38.1 Å². The topological polar surface area (TPSA) is 47.9 Å². The molecule has 0 fully saturated rings. The van der Waals surface area contributed by atoms with Gasteiger partial charge in [-0.2, -0.15) is 0 Å². The average Bonchev–Trinajstić information content (AvgIpc) is 2.88. The standard InChI is InChI=1S/C15H18BrNO3/c1-3-19-15(18)10(2)8-13-9-14(17-20-13)11-4-6-12(16)7-5-11/h4-7,10,13H,3,8-9H2,1-2H3. The third-order valence-electron chi connectivity index (χ3n) is 3.22. The van der Waals surface area contributed by atoms with Crippen LogP contribution in [0.2, 0.25) is 0 Å². The van der Waals surface area contributed by atoms with Crippen LogP contribution in [-0.2, 0) is 14.4 Å². The Morgan fingerprint density at radius 1 is 1.50 bits per heavy atom. The molecule has 0 amide bonds. The van der Waals surface area contributed by atoms with E-state index >= 15 is 0 Å². The highest BCUT2D eigenvalue weighted by molar-refractivity contribution is 9.10. The Bertz CT molecular complexity index is 498. The van der Waals surface area contributed by atoms with Crippen molar-refractivity contribution in [2.45, 2.75) is 32.8 Å². The molecule has 108 valence electrons. The van der Waals surface area contributed by atoms with Crippen LogP contribution >= 0.6 is 15.9 Å². The fourth-order valence-corrected chi connectivity index (χ4v) is 2.41. The van der Waals surface area contributed by atoms with Crippen LogP contribution in [0.5, 0.6) is 0 Å². The number of rotatable bonds is 5. The van der Waals surface area contributed by atoms with E-state index in [9.17, 15) is 4.79 Å². The maximum absolute atomic E-state index is 11.6. The summed E-state index contributed by atoms with van der Waals surface area (Å²) in [5.74, 6) is -0.340. The minimum Gasteiger partial charge on any atom is -0.466 e. The summed E-state index contributed by atoms with van der Waals surface area (Å²) in [5, 5.41) is 4.12. The first-order valence-corrected chi connectivity index (χ1v) is 7.54. The van der Waals surface area contributed by atoms with E-state index in [2.05, 4.69) is 21.1 Å². The van der Waals surface area contributed by atoms with Gasteiger partial charge in [-0.25, -0.2) is 0 Å². The zero-order valence-electron chi connectivity index (χ0n) is 11.6. The third-order valence-corrected chi connectivity index (χ3v) is 3.74. The predicted octanol–water partition coefficient (Wildman–Crippen LogP) is 3.53. The van der Waals surface area contributed by atoms with Crippen molar-refractivity contribution in [3.05, 3.63) is 34.3 Å². The lowest BCUT2D eigenvalue weighted by molar-refractivity contribution is -0.148. The van der Waals surface area contributed by atoms with Crippen molar-refractivity contribution < 1.29 is 14.4 Å². The summed E-state index contributed by atoms with van der Waals surface area (Å²) in [4.78, 5) is 17.0. The zero-order valence-corrected chi connectivity index (χ0v) is 13.2. The quantitative estimate of drug-likeness (QED) is 0.771. The molecular formula is C15H18BrNO3. The molecule has 0 saturated heterocycles. The van der Waals surface area contributed by atoms with Gasteiger partial charge in [0.2, 0.25) is 0 Å². The van der Waals surface area contributed by atoms with Crippen molar-refractivity contribution in [2.24, 2.45) is 11.1 Å². The first-order chi connectivity index (χ1) is 9.60. The van der Waals surface area contributed by atoms with Gasteiger partial charge in [-0.1, -0.05) is 40.1 Å². The molecule has 2 atom stereocenters. The Morgan fingerprint density at radius 3 is 2.85 bits per heavy atom. The lowest BCUT2D eigenvalue weighted by Crippen LogP contribution is -2.21. The van der Waals surface area contributed by atoms with Crippen LogP contribution in [0.4, 0.5) is 0 Å². The molecule has 0 bridgehead atoms. The van der Waals surface area contributed by atoms with E-state index in [0.29, 0.717) is 13.0 Å². The molecule has 4 nitrogen and oxygen atoms in total. The summed E-state index contributed by atoms with van der Waals surface area (Å²) in [5.41, 5.74) is 1.98. The van der Waals surface area contributed by atoms with Crippen LogP contribution in [-0.4, -0.2) is 24.4 Å². The van der Waals surface area contributed by atoms with Crippen molar-refractivity contribution in [1.82, 2.24) is 0 Å². The van der Waals surface area contributed by atoms with Gasteiger partial charge < -0.3 is 9.57 Å². The number of nitrogens with zero attached hydrogens (tertiary/aromatic N) is 1. The van der Waals surface area contributed by atoms with Gasteiger partial charge in [-0.3, -0.25) is 4.79 Å². The number of benzene rings is 1. The van der Waals surface area contributed by atoms with Gasteiger partial charge in [0.15, 0.2) is 0 Å². The van der Waals surface area contributed by atoms with Crippen LogP contribution in [0.3, 0.4) is 0 Å². The molecule has 1 aromatic rings. The second-order valence-corrected chi connectivity index (χ2v) is 5.78. The second-order valence-electron chi connectivity index (χ2n) is 4.87. The molecule has 2 unspecified atom stereocenters. The number of ether oxygens (including phenoxy) is 1. The maximum Gasteiger partial charge on any atom is 0.308 e. The summed E-state index contributed by atoms with van der Waals surface area (Å²) in [6.07, 6.45) is 1.31. The molecule has 5 heteroatoms. The molecule has 20 heavy (non-hydrogen) atoms. The van der Waals surface area contributed by atoms with Crippen molar-refractivity contribution >= 4 is 27.6 Å². The van der Waals surface area contributed by atoms with Crippen LogP contribution in [0, 0.1) is 5.92 Å². The largest absolute Gasteiger partial charge is 0.466 e. The molecule has 0 radical (unpaired) electrons. The predicted molar refractivity (Wildman–Crippen MR) is 80.6 cm³/mol. The molecule has 1 aliphatic rings. The van der Waals surface area contributed by atoms with Gasteiger partial charge >= 0.3 is 5.97 Å². The Kier molecular flexibility index (Phi) is 5.17. The Labute approximate surface area is 127 Å². The lowest BCUT2D eigenvalue weighted by Gasteiger charge is -2.13. The Balaban J connectivity index is 1.88. The normalized spacial score (nSPS) is 19.1. The molecule has 1 aliphatic heterocycles. The number of oxime groups is 1. The Morgan fingerprint density at radius 2 is 2.20 bits per heavy atom. The highest BCUT2D eigenvalue weighted by Gasteiger charge is 2.27. The summed E-state index contributed by atoms with van der Waals surface area (Å²) in [6.45, 7) is 4.08. The second kappa shape index (κ2) is 6.88. The van der Waals surface area contributed by atoms with Crippen LogP contribution < -0.4 is 0 Å². The van der Waals surface area contributed by atoms with E-state index in [0.717, 1.165) is 22.2 Å². The molecule has 0 aliphatic carbocycles. The van der Waals surface area contributed by atoms with Gasteiger partial charge in [0.25, 0.3) is 0 Å². The van der Waals surface area contributed by atoms with E-state index < -0.39 is 0 Å². The van der Waals surface area contributed by atoms with Gasteiger partial charge in [-0.05, 0) is 24.6 Å². The summed E-state index contributed by atoms with van der Waals surface area (Å²) >= 11 is 3.41. The highest BCUT2D eigenvalue weighted by atomic mass is 79.9. The SMILES string of the molecule is CCOC(=O)C(C)CC1CC(c2ccc(Br)cc2)=NO1. The fraction of sp³-hybridized carbons (Fsp3) is 0.467. The van der Waals surface area contributed by atoms with Crippen LogP contribution in [0.15, 0.2) is 33.9 Å². The van der Waals surface area contributed by atoms with Crippen LogP contribution in [0.25, 0.3) is 0 Å². The number of carbonyl (C=O) groups excluding carboxylic acids is 1. The molecule has 2 rings (SSSR count). The van der Waals surface area contributed by atoms with Gasteiger partial charge in [-0.15, -0.1) is 0 Å². The first kappa shape index (κ1) is 15.0. The van der Waals surface area contributed by atoms with Crippen LogP contribution in [0.1, 0.15) is 32.3 Å². The average molecular weight is 340 g/mol. The summed E-state index contributed by atoms with van der Waals surface area (Å²) < 4.78 is 6.04. The maximum atomic E-state index is 11.6. The van der Waals surface area contributed by atoms with Crippen molar-refractivity contribution in [1.29, 1.82) is 0 Å². The molecular weight excluding hydrogens is 322 g/mol. The zero-order chi connectivity index (χ0) is 14.5. The molecule has 1 heterocycles. The molecule has 0 saturated carbocycles. The van der Waals surface area contributed by atoms with E-state index in [1.165, 1.54) is 0 Å². The highest BCUT2D eigenvalue weighted by Crippen LogP contribution is 2.23. The lowest BCUT2D eigenvalue weighted by atomic mass is 9.98. The monoisotopic (exact) mass is 339 g/mol. The first-order valence-electron chi connectivity index (χ1n) is 6.75. The van der Waals surface area contributed by atoms with Gasteiger partial charge in [0.05, 0.1) is 18.2 Å². The van der Waals surface area contributed by atoms with E-state index in [4.69, 9.17) is 9.57 Å². The van der Waals surface area contributed by atoms with Crippen molar-refractivity contribution in [3.63, 3.8) is 0 Å². The van der Waals surface area contributed by atoms with Crippen molar-refractivity contribution in [3.8, 4) is 0 Å².